The van der Waals surface area contributed by atoms with E-state index < -0.39 is 0 Å². The monoisotopic (exact) mass is 230 g/mol. The second-order valence-electron chi connectivity index (χ2n) is 2.96. The lowest BCUT2D eigenvalue weighted by Gasteiger charge is -2.04. The first-order chi connectivity index (χ1) is 6.77. The van der Waals surface area contributed by atoms with Gasteiger partial charge in [-0.25, -0.2) is 4.39 Å². The van der Waals surface area contributed by atoms with Crippen LogP contribution in [0.5, 0.6) is 0 Å². The van der Waals surface area contributed by atoms with Gasteiger partial charge in [-0.05, 0) is 11.1 Å². The average Bonchev–Trinajstić information content (AvgIpc) is 2.59. The number of hydrogen-bond acceptors (Lipinski definition) is 2. The molecule has 1 heterocycles. The fraction of sp³-hybridized carbons (Fsp3) is 0.200. The molecule has 4 heteroatoms. The molecule has 0 atom stereocenters. The first-order valence-corrected chi connectivity index (χ1v) is 5.53. The third-order valence-corrected chi connectivity index (χ3v) is 3.49. The summed E-state index contributed by atoms with van der Waals surface area (Å²) in [6, 6.07) is 3.40. The minimum Gasteiger partial charge on any atom is -0.392 e. The fourth-order valence-electron chi connectivity index (χ4n) is 1.46. The van der Waals surface area contributed by atoms with Crippen LogP contribution < -0.4 is 0 Å². The number of alkyl halides is 1. The Hall–Kier alpha value is -0.640. The van der Waals surface area contributed by atoms with Gasteiger partial charge < -0.3 is 5.11 Å². The summed E-state index contributed by atoms with van der Waals surface area (Å²) in [6.07, 6.45) is 0. The lowest BCUT2D eigenvalue weighted by Crippen LogP contribution is -1.91. The van der Waals surface area contributed by atoms with Gasteiger partial charge >= 0.3 is 0 Å². The van der Waals surface area contributed by atoms with Crippen LogP contribution in [0.25, 0.3) is 10.1 Å². The van der Waals surface area contributed by atoms with Gasteiger partial charge in [-0.3, -0.25) is 0 Å². The molecule has 0 aliphatic rings. The summed E-state index contributed by atoms with van der Waals surface area (Å²) in [5.41, 5.74) is 1.61. The molecule has 0 fully saturated rings. The number of halogens is 2. The molecule has 0 amide bonds. The van der Waals surface area contributed by atoms with Crippen molar-refractivity contribution in [2.75, 3.05) is 0 Å². The van der Waals surface area contributed by atoms with Crippen molar-refractivity contribution in [3.8, 4) is 0 Å². The van der Waals surface area contributed by atoms with Crippen molar-refractivity contribution >= 4 is 33.0 Å². The van der Waals surface area contributed by atoms with E-state index >= 15 is 0 Å². The van der Waals surface area contributed by atoms with E-state index in [1.165, 1.54) is 16.7 Å². The van der Waals surface area contributed by atoms with Gasteiger partial charge in [0.2, 0.25) is 0 Å². The Balaban J connectivity index is 2.77. The highest BCUT2D eigenvalue weighted by Gasteiger charge is 2.10. The molecule has 0 spiro atoms. The summed E-state index contributed by atoms with van der Waals surface area (Å²) in [7, 11) is 0. The number of thiophene rings is 1. The number of aliphatic hydroxyl groups is 1. The van der Waals surface area contributed by atoms with Gasteiger partial charge in [0.15, 0.2) is 0 Å². The zero-order valence-corrected chi connectivity index (χ0v) is 8.83. The average molecular weight is 231 g/mol. The maximum Gasteiger partial charge on any atom is 0.141 e. The highest BCUT2D eigenvalue weighted by molar-refractivity contribution is 7.17. The van der Waals surface area contributed by atoms with E-state index in [9.17, 15) is 4.39 Å². The van der Waals surface area contributed by atoms with Crippen LogP contribution in [0.3, 0.4) is 0 Å². The number of hydrogen-bond donors (Lipinski definition) is 1. The molecule has 0 bridgehead atoms. The van der Waals surface area contributed by atoms with Crippen LogP contribution in [0.1, 0.15) is 11.1 Å². The topological polar surface area (TPSA) is 20.2 Å². The molecule has 1 aromatic carbocycles. The van der Waals surface area contributed by atoms with Gasteiger partial charge in [0.25, 0.3) is 0 Å². The van der Waals surface area contributed by atoms with Crippen molar-refractivity contribution in [1.82, 2.24) is 0 Å². The summed E-state index contributed by atoms with van der Waals surface area (Å²) < 4.78 is 14.0. The SMILES string of the molecule is OCc1ccc2c(F)csc2c1CCl. The van der Waals surface area contributed by atoms with Crippen LogP contribution in [0.2, 0.25) is 0 Å². The Bertz CT molecular complexity index is 466. The Morgan fingerprint density at radius 3 is 2.86 bits per heavy atom. The van der Waals surface area contributed by atoms with Crippen molar-refractivity contribution < 1.29 is 9.50 Å². The number of benzene rings is 1. The number of fused-ring (bicyclic) bond motifs is 1. The summed E-state index contributed by atoms with van der Waals surface area (Å²) in [6.45, 7) is -0.0580. The van der Waals surface area contributed by atoms with E-state index in [-0.39, 0.29) is 12.4 Å². The predicted molar refractivity (Wildman–Crippen MR) is 57.3 cm³/mol. The van der Waals surface area contributed by atoms with Crippen molar-refractivity contribution in [2.24, 2.45) is 0 Å². The molecule has 74 valence electrons. The van der Waals surface area contributed by atoms with Crippen LogP contribution in [-0.4, -0.2) is 5.11 Å². The molecule has 0 aliphatic carbocycles. The quantitative estimate of drug-likeness (QED) is 0.786. The minimum absolute atomic E-state index is 0.0580. The Morgan fingerprint density at radius 1 is 1.43 bits per heavy atom. The van der Waals surface area contributed by atoms with E-state index in [1.807, 2.05) is 0 Å². The fourth-order valence-corrected chi connectivity index (χ4v) is 2.83. The lowest BCUT2D eigenvalue weighted by molar-refractivity contribution is 0.281. The third-order valence-electron chi connectivity index (χ3n) is 2.20. The maximum atomic E-state index is 13.2. The smallest absolute Gasteiger partial charge is 0.141 e. The summed E-state index contributed by atoms with van der Waals surface area (Å²) in [4.78, 5) is 0. The molecule has 1 nitrogen and oxygen atoms in total. The zero-order valence-electron chi connectivity index (χ0n) is 7.26. The second kappa shape index (κ2) is 3.85. The molecule has 0 radical (unpaired) electrons. The van der Waals surface area contributed by atoms with E-state index in [1.54, 1.807) is 12.1 Å². The van der Waals surface area contributed by atoms with Crippen LogP contribution in [-0.2, 0) is 12.5 Å². The van der Waals surface area contributed by atoms with E-state index in [0.29, 0.717) is 11.3 Å². The van der Waals surface area contributed by atoms with Crippen molar-refractivity contribution in [3.05, 3.63) is 34.5 Å². The zero-order chi connectivity index (χ0) is 10.1. The van der Waals surface area contributed by atoms with E-state index in [0.717, 1.165) is 15.8 Å². The first-order valence-electron chi connectivity index (χ1n) is 4.12. The number of rotatable bonds is 2. The van der Waals surface area contributed by atoms with Gasteiger partial charge in [0.05, 0.1) is 6.61 Å². The largest absolute Gasteiger partial charge is 0.392 e. The van der Waals surface area contributed by atoms with Crippen LogP contribution in [0, 0.1) is 5.82 Å². The molecule has 0 aliphatic heterocycles. The highest BCUT2D eigenvalue weighted by atomic mass is 35.5. The van der Waals surface area contributed by atoms with Gasteiger partial charge in [0, 0.05) is 21.3 Å². The summed E-state index contributed by atoms with van der Waals surface area (Å²) >= 11 is 7.10. The Kier molecular flexibility index (Phi) is 2.72. The Labute approximate surface area is 89.7 Å². The molecule has 0 saturated heterocycles. The molecule has 2 rings (SSSR count). The standard InChI is InChI=1S/C10H8ClFOS/c11-3-8-6(4-13)1-2-7-9(12)5-14-10(7)8/h1-2,5,13H,3-4H2. The van der Waals surface area contributed by atoms with Crippen molar-refractivity contribution in [2.45, 2.75) is 12.5 Å². The summed E-state index contributed by atoms with van der Waals surface area (Å²) in [5, 5.41) is 11.1. The minimum atomic E-state index is -0.221. The molecule has 1 aromatic heterocycles. The van der Waals surface area contributed by atoms with Crippen LogP contribution in [0.15, 0.2) is 17.5 Å². The van der Waals surface area contributed by atoms with Crippen LogP contribution >= 0.6 is 22.9 Å². The molecule has 0 saturated carbocycles. The number of aliphatic hydroxyl groups excluding tert-OH is 1. The molecule has 2 aromatic rings. The predicted octanol–water partition coefficient (Wildman–Crippen LogP) is 3.27. The first kappa shape index (κ1) is 9.90. The highest BCUT2D eigenvalue weighted by Crippen LogP contribution is 2.31. The van der Waals surface area contributed by atoms with Crippen LogP contribution in [0.4, 0.5) is 4.39 Å². The normalized spacial score (nSPS) is 11.1. The van der Waals surface area contributed by atoms with E-state index in [2.05, 4.69) is 0 Å². The summed E-state index contributed by atoms with van der Waals surface area (Å²) in [5.74, 6) is 0.0774. The van der Waals surface area contributed by atoms with Crippen molar-refractivity contribution in [1.29, 1.82) is 0 Å². The molecule has 1 N–H and O–H groups in total. The van der Waals surface area contributed by atoms with Gasteiger partial charge in [-0.1, -0.05) is 12.1 Å². The van der Waals surface area contributed by atoms with Crippen molar-refractivity contribution in [3.63, 3.8) is 0 Å². The van der Waals surface area contributed by atoms with Gasteiger partial charge in [-0.2, -0.15) is 0 Å². The second-order valence-corrected chi connectivity index (χ2v) is 4.10. The maximum absolute atomic E-state index is 13.2. The van der Waals surface area contributed by atoms with E-state index in [4.69, 9.17) is 16.7 Å². The molecule has 0 unspecified atom stereocenters. The third kappa shape index (κ3) is 1.41. The lowest BCUT2D eigenvalue weighted by atomic mass is 10.1. The Morgan fingerprint density at radius 2 is 2.21 bits per heavy atom. The molecular formula is C10H8ClFOS. The van der Waals surface area contributed by atoms with Gasteiger partial charge in [-0.15, -0.1) is 22.9 Å². The van der Waals surface area contributed by atoms with Gasteiger partial charge in [0.1, 0.15) is 5.82 Å². The molecule has 14 heavy (non-hydrogen) atoms. The molecular weight excluding hydrogens is 223 g/mol.